The Morgan fingerprint density at radius 2 is 1.67 bits per heavy atom. The molecular formula is C27H31N5O4. The van der Waals surface area contributed by atoms with Crippen molar-refractivity contribution in [3.8, 4) is 23.1 Å². The lowest BCUT2D eigenvalue weighted by molar-refractivity contribution is -0.134. The van der Waals surface area contributed by atoms with Crippen LogP contribution in [0.5, 0.6) is 23.1 Å². The first-order valence-electron chi connectivity index (χ1n) is 12.2. The zero-order valence-corrected chi connectivity index (χ0v) is 20.7. The minimum absolute atomic E-state index is 0.0222. The van der Waals surface area contributed by atoms with E-state index in [1.807, 2.05) is 54.6 Å². The molecule has 1 aromatic heterocycles. The summed E-state index contributed by atoms with van der Waals surface area (Å²) in [7, 11) is 3.74. The van der Waals surface area contributed by atoms with Crippen LogP contribution in [0.1, 0.15) is 11.3 Å². The summed E-state index contributed by atoms with van der Waals surface area (Å²) in [5, 5.41) is 0. The van der Waals surface area contributed by atoms with E-state index in [1.54, 1.807) is 12.0 Å². The number of hydrogen-bond acceptors (Lipinski definition) is 8. The molecule has 1 fully saturated rings. The summed E-state index contributed by atoms with van der Waals surface area (Å²) in [6, 6.07) is 16.8. The van der Waals surface area contributed by atoms with Gasteiger partial charge in [0.2, 0.25) is 11.8 Å². The van der Waals surface area contributed by atoms with Crippen molar-refractivity contribution in [2.75, 3.05) is 58.4 Å². The monoisotopic (exact) mass is 489 g/mol. The summed E-state index contributed by atoms with van der Waals surface area (Å²) in [4.78, 5) is 29.0. The van der Waals surface area contributed by atoms with E-state index in [0.717, 1.165) is 37.4 Å². The molecule has 188 valence electrons. The van der Waals surface area contributed by atoms with Crippen molar-refractivity contribution in [1.82, 2.24) is 19.8 Å². The number of piperazine rings is 1. The van der Waals surface area contributed by atoms with Gasteiger partial charge < -0.3 is 28.9 Å². The number of ether oxygens (including phenoxy) is 3. The number of para-hydroxylation sites is 1. The predicted molar refractivity (Wildman–Crippen MR) is 136 cm³/mol. The molecule has 2 aliphatic rings. The van der Waals surface area contributed by atoms with Crippen molar-refractivity contribution in [2.24, 2.45) is 0 Å². The molecular weight excluding hydrogens is 458 g/mol. The molecule has 0 radical (unpaired) electrons. The maximum Gasteiger partial charge on any atom is 0.260 e. The number of methoxy groups -OCH3 is 1. The molecule has 0 N–H and O–H groups in total. The van der Waals surface area contributed by atoms with E-state index in [0.29, 0.717) is 48.6 Å². The number of carbonyl (C=O) groups is 1. The Balaban J connectivity index is 1.39. The van der Waals surface area contributed by atoms with Crippen LogP contribution in [0.15, 0.2) is 54.6 Å². The van der Waals surface area contributed by atoms with Gasteiger partial charge in [-0.15, -0.1) is 0 Å². The Hall–Kier alpha value is -3.85. The van der Waals surface area contributed by atoms with Crippen LogP contribution >= 0.6 is 0 Å². The van der Waals surface area contributed by atoms with Crippen molar-refractivity contribution in [3.63, 3.8) is 0 Å². The Kier molecular flexibility index (Phi) is 7.18. The standard InChI is InChI=1S/C27H31N5O4/c1-30-13-15-31(16-14-30)27-28-24-11-12-32(25(33)19-35-20-7-4-3-5-8-20)18-23(24)26(29-27)36-22-10-6-9-21(17-22)34-2/h3-10,17H,11-16,18-19H2,1-2H3. The molecule has 3 heterocycles. The fourth-order valence-electron chi connectivity index (χ4n) is 4.35. The summed E-state index contributed by atoms with van der Waals surface area (Å²) in [5.74, 6) is 3.06. The summed E-state index contributed by atoms with van der Waals surface area (Å²) >= 11 is 0. The first-order valence-corrected chi connectivity index (χ1v) is 12.2. The summed E-state index contributed by atoms with van der Waals surface area (Å²) in [5.41, 5.74) is 1.75. The summed E-state index contributed by atoms with van der Waals surface area (Å²) in [6.45, 7) is 4.54. The Labute approximate surface area is 211 Å². The fraction of sp³-hybridized carbons (Fsp3) is 0.370. The second-order valence-electron chi connectivity index (χ2n) is 8.99. The maximum absolute atomic E-state index is 13.0. The molecule has 1 amide bonds. The number of rotatable bonds is 7. The van der Waals surface area contributed by atoms with Crippen LogP contribution in [0.4, 0.5) is 5.95 Å². The second-order valence-corrected chi connectivity index (χ2v) is 8.99. The van der Waals surface area contributed by atoms with Crippen molar-refractivity contribution in [2.45, 2.75) is 13.0 Å². The van der Waals surface area contributed by atoms with E-state index in [-0.39, 0.29) is 12.5 Å². The van der Waals surface area contributed by atoms with Crippen molar-refractivity contribution >= 4 is 11.9 Å². The first-order chi connectivity index (χ1) is 17.6. The third kappa shape index (κ3) is 5.52. The quantitative estimate of drug-likeness (QED) is 0.501. The highest BCUT2D eigenvalue weighted by Crippen LogP contribution is 2.33. The molecule has 2 aliphatic heterocycles. The summed E-state index contributed by atoms with van der Waals surface area (Å²) in [6.07, 6.45) is 0.629. The fourth-order valence-corrected chi connectivity index (χ4v) is 4.35. The molecule has 1 saturated heterocycles. The smallest absolute Gasteiger partial charge is 0.260 e. The number of aromatic nitrogens is 2. The van der Waals surface area contributed by atoms with Gasteiger partial charge in [0, 0.05) is 45.2 Å². The van der Waals surface area contributed by atoms with Crippen LogP contribution in [-0.2, 0) is 17.8 Å². The number of fused-ring (bicyclic) bond motifs is 1. The topological polar surface area (TPSA) is 80.3 Å². The molecule has 9 nitrogen and oxygen atoms in total. The zero-order chi connectivity index (χ0) is 24.9. The molecule has 0 saturated carbocycles. The third-order valence-corrected chi connectivity index (χ3v) is 6.51. The minimum atomic E-state index is -0.0834. The minimum Gasteiger partial charge on any atom is -0.497 e. The van der Waals surface area contributed by atoms with Gasteiger partial charge in [-0.3, -0.25) is 4.79 Å². The van der Waals surface area contributed by atoms with Gasteiger partial charge in [0.05, 0.1) is 24.9 Å². The van der Waals surface area contributed by atoms with Crippen molar-refractivity contribution < 1.29 is 19.0 Å². The van der Waals surface area contributed by atoms with Gasteiger partial charge >= 0.3 is 0 Å². The molecule has 5 rings (SSSR count). The number of nitrogens with zero attached hydrogens (tertiary/aromatic N) is 5. The Bertz CT molecular complexity index is 1200. The summed E-state index contributed by atoms with van der Waals surface area (Å²) < 4.78 is 17.3. The second kappa shape index (κ2) is 10.8. The van der Waals surface area contributed by atoms with E-state index >= 15 is 0 Å². The zero-order valence-electron chi connectivity index (χ0n) is 20.7. The van der Waals surface area contributed by atoms with Crippen LogP contribution in [0.25, 0.3) is 0 Å². The first kappa shape index (κ1) is 23.9. The van der Waals surface area contributed by atoms with Gasteiger partial charge in [0.1, 0.15) is 17.2 Å². The highest BCUT2D eigenvalue weighted by atomic mass is 16.5. The number of carbonyl (C=O) groups excluding carboxylic acids is 1. The van der Waals surface area contributed by atoms with Crippen LogP contribution in [0, 0.1) is 0 Å². The van der Waals surface area contributed by atoms with Gasteiger partial charge in [-0.2, -0.15) is 4.98 Å². The average Bonchev–Trinajstić information content (AvgIpc) is 2.92. The molecule has 0 bridgehead atoms. The Morgan fingerprint density at radius 3 is 2.44 bits per heavy atom. The number of benzene rings is 2. The molecule has 36 heavy (non-hydrogen) atoms. The molecule has 0 atom stereocenters. The largest absolute Gasteiger partial charge is 0.497 e. The van der Waals surface area contributed by atoms with Gasteiger partial charge in [0.25, 0.3) is 5.91 Å². The van der Waals surface area contributed by atoms with Gasteiger partial charge in [-0.1, -0.05) is 24.3 Å². The lowest BCUT2D eigenvalue weighted by Crippen LogP contribution is -2.45. The predicted octanol–water partition coefficient (Wildman–Crippen LogP) is 2.99. The van der Waals surface area contributed by atoms with E-state index in [9.17, 15) is 4.79 Å². The highest BCUT2D eigenvalue weighted by molar-refractivity contribution is 5.78. The van der Waals surface area contributed by atoms with Gasteiger partial charge in [-0.05, 0) is 31.3 Å². The molecule has 0 unspecified atom stereocenters. The molecule has 2 aromatic carbocycles. The van der Waals surface area contributed by atoms with Crippen molar-refractivity contribution in [3.05, 3.63) is 65.9 Å². The number of amides is 1. The van der Waals surface area contributed by atoms with Crippen LogP contribution in [0.3, 0.4) is 0 Å². The van der Waals surface area contributed by atoms with Crippen LogP contribution in [0.2, 0.25) is 0 Å². The maximum atomic E-state index is 13.0. The number of likely N-dealkylation sites (N-methyl/N-ethyl adjacent to an activating group) is 1. The lowest BCUT2D eigenvalue weighted by atomic mass is 10.1. The molecule has 0 aliphatic carbocycles. The van der Waals surface area contributed by atoms with Crippen LogP contribution < -0.4 is 19.1 Å². The average molecular weight is 490 g/mol. The van der Waals surface area contributed by atoms with Crippen LogP contribution in [-0.4, -0.2) is 79.2 Å². The van der Waals surface area contributed by atoms with E-state index in [4.69, 9.17) is 24.2 Å². The van der Waals surface area contributed by atoms with E-state index < -0.39 is 0 Å². The normalized spacial score (nSPS) is 15.8. The van der Waals surface area contributed by atoms with E-state index in [2.05, 4.69) is 16.8 Å². The number of hydrogen-bond donors (Lipinski definition) is 0. The molecule has 3 aromatic rings. The molecule has 0 spiro atoms. The SMILES string of the molecule is COc1cccc(Oc2nc(N3CCN(C)CC3)nc3c2CN(C(=O)COc2ccccc2)CC3)c1. The lowest BCUT2D eigenvalue weighted by Gasteiger charge is -2.34. The van der Waals surface area contributed by atoms with Crippen molar-refractivity contribution in [1.29, 1.82) is 0 Å². The Morgan fingerprint density at radius 1 is 0.917 bits per heavy atom. The number of anilines is 1. The molecule has 9 heteroatoms. The van der Waals surface area contributed by atoms with E-state index in [1.165, 1.54) is 0 Å². The van der Waals surface area contributed by atoms with Gasteiger partial charge in [-0.25, -0.2) is 4.98 Å². The van der Waals surface area contributed by atoms with Gasteiger partial charge in [0.15, 0.2) is 6.61 Å². The third-order valence-electron chi connectivity index (χ3n) is 6.51. The highest BCUT2D eigenvalue weighted by Gasteiger charge is 2.28.